The van der Waals surface area contributed by atoms with E-state index in [9.17, 15) is 0 Å². The molecule has 0 saturated carbocycles. The Hall–Kier alpha value is -0.260. The van der Waals surface area contributed by atoms with Crippen molar-refractivity contribution in [3.05, 3.63) is 26.0 Å². The Bertz CT molecular complexity index is 44.0. The molecule has 39 valence electrons. The summed E-state index contributed by atoms with van der Waals surface area (Å²) < 4.78 is 0. The summed E-state index contributed by atoms with van der Waals surface area (Å²) in [7, 11) is 0. The van der Waals surface area contributed by atoms with Crippen molar-refractivity contribution in [2.24, 2.45) is 0 Å². The van der Waals surface area contributed by atoms with Gasteiger partial charge in [-0.05, 0) is 33.1 Å². The van der Waals surface area contributed by atoms with E-state index in [-0.39, 0.29) is 0 Å². The summed E-state index contributed by atoms with van der Waals surface area (Å²) in [4.78, 5) is 0. The highest BCUT2D eigenvalue weighted by Gasteiger charge is 1.68. The van der Waals surface area contributed by atoms with E-state index in [0.29, 0.717) is 0 Å². The molecule has 0 aliphatic rings. The molecule has 0 aromatic carbocycles. The van der Waals surface area contributed by atoms with E-state index in [1.807, 2.05) is 12.2 Å². The molecule has 0 fully saturated rings. The van der Waals surface area contributed by atoms with Crippen LogP contribution >= 0.6 is 0 Å². The minimum Gasteiger partial charge on any atom is -0.0885 e. The van der Waals surface area contributed by atoms with Crippen molar-refractivity contribution < 1.29 is 0 Å². The van der Waals surface area contributed by atoms with E-state index in [4.69, 9.17) is 6.92 Å². The summed E-state index contributed by atoms with van der Waals surface area (Å²) in [6.45, 7) is 8.83. The number of allylic oxidation sites excluding steroid dienone is 2. The van der Waals surface area contributed by atoms with E-state index < -0.39 is 0 Å². The molecule has 0 aliphatic carbocycles. The summed E-state index contributed by atoms with van der Waals surface area (Å²) in [5.74, 6) is 0. The molecule has 0 heterocycles. The minimum absolute atomic E-state index is 0.747. The van der Waals surface area contributed by atoms with Crippen molar-refractivity contribution >= 4 is 0 Å². The molecule has 0 nitrogen and oxygen atoms in total. The van der Waals surface area contributed by atoms with Crippen LogP contribution in [0.25, 0.3) is 0 Å². The summed E-state index contributed by atoms with van der Waals surface area (Å²) in [6, 6.07) is 0. The van der Waals surface area contributed by atoms with Gasteiger partial charge in [-0.15, -0.1) is 0 Å². The predicted molar refractivity (Wildman–Crippen MR) is 32.6 cm³/mol. The molecule has 7 heavy (non-hydrogen) atoms. The van der Waals surface area contributed by atoms with Crippen LogP contribution in [0.3, 0.4) is 0 Å². The topological polar surface area (TPSA) is 0 Å². The first-order valence-electron chi connectivity index (χ1n) is 2.56. The molecule has 0 heteroatoms. The average Bonchev–Trinajstić information content (AvgIpc) is 1.69. The lowest BCUT2D eigenvalue weighted by atomic mass is 10.3. The lowest BCUT2D eigenvalue weighted by molar-refractivity contribution is 1.04. The number of rotatable bonds is 3. The molecule has 0 bridgehead atoms. The second-order valence-electron chi connectivity index (χ2n) is 1.34. The van der Waals surface area contributed by atoms with Crippen molar-refractivity contribution in [3.8, 4) is 0 Å². The third-order valence-electron chi connectivity index (χ3n) is 0.667. The quantitative estimate of drug-likeness (QED) is 0.472. The first kappa shape index (κ1) is 6.74. The molecule has 0 amide bonds. The monoisotopic (exact) mass is 95.1 g/mol. The van der Waals surface area contributed by atoms with Gasteiger partial charge < -0.3 is 0 Å². The van der Waals surface area contributed by atoms with Gasteiger partial charge in [-0.25, -0.2) is 0 Å². The standard InChI is InChI=1S/C7H11/c1-3-5-7-6-4-2/h1,6-7H,2-5H2. The van der Waals surface area contributed by atoms with Crippen molar-refractivity contribution in [2.45, 2.75) is 19.3 Å². The van der Waals surface area contributed by atoms with Crippen molar-refractivity contribution in [1.29, 1.82) is 0 Å². The fraction of sp³-hybridized carbons (Fsp3) is 0.429. The van der Waals surface area contributed by atoms with Gasteiger partial charge in [-0.2, -0.15) is 0 Å². The number of hydrogen-bond acceptors (Lipinski definition) is 0. The lowest BCUT2D eigenvalue weighted by Gasteiger charge is -1.79. The van der Waals surface area contributed by atoms with Crippen LogP contribution in [0.4, 0.5) is 0 Å². The zero-order chi connectivity index (χ0) is 5.54. The zero-order valence-electron chi connectivity index (χ0n) is 4.56. The van der Waals surface area contributed by atoms with Crippen LogP contribution in [0.15, 0.2) is 12.2 Å². The van der Waals surface area contributed by atoms with E-state index in [1.54, 1.807) is 0 Å². The summed E-state index contributed by atoms with van der Waals surface area (Å²) in [6.07, 6.45) is 6.67. The number of hydrogen-bond donors (Lipinski definition) is 0. The summed E-state index contributed by atoms with van der Waals surface area (Å²) in [5, 5.41) is 0. The lowest BCUT2D eigenvalue weighted by Crippen LogP contribution is -1.59. The van der Waals surface area contributed by atoms with Gasteiger partial charge >= 0.3 is 0 Å². The first-order valence-corrected chi connectivity index (χ1v) is 2.56. The third-order valence-corrected chi connectivity index (χ3v) is 0.667. The molecular formula is C7H11. The Balaban J connectivity index is 2.78. The van der Waals surface area contributed by atoms with E-state index in [0.717, 1.165) is 19.3 Å². The molecule has 0 aliphatic heterocycles. The predicted octanol–water partition coefficient (Wildman–Crippen LogP) is 2.26. The Morgan fingerprint density at radius 1 is 1.43 bits per heavy atom. The Morgan fingerprint density at radius 3 is 2.57 bits per heavy atom. The maximum atomic E-state index is 5.20. The van der Waals surface area contributed by atoms with Gasteiger partial charge in [0, 0.05) is 0 Å². The molecule has 0 rings (SSSR count). The molecule has 0 unspecified atom stereocenters. The van der Waals surface area contributed by atoms with Crippen LogP contribution < -0.4 is 0 Å². The molecule has 3 radical (unpaired) electrons. The van der Waals surface area contributed by atoms with Gasteiger partial charge in [0.2, 0.25) is 0 Å². The maximum Gasteiger partial charge on any atom is -0.0348 e. The Labute approximate surface area is 46.2 Å². The van der Waals surface area contributed by atoms with Gasteiger partial charge in [0.1, 0.15) is 0 Å². The fourth-order valence-electron chi connectivity index (χ4n) is 0.332. The SMILES string of the molecule is [CH]CCC=CC[CH2]. The zero-order valence-corrected chi connectivity index (χ0v) is 4.56. The van der Waals surface area contributed by atoms with Gasteiger partial charge in [-0.3, -0.25) is 0 Å². The molecule has 0 saturated heterocycles. The van der Waals surface area contributed by atoms with Crippen LogP contribution in [0.2, 0.25) is 0 Å². The van der Waals surface area contributed by atoms with Gasteiger partial charge in [0.15, 0.2) is 0 Å². The van der Waals surface area contributed by atoms with Crippen LogP contribution in [0, 0.1) is 13.8 Å². The van der Waals surface area contributed by atoms with Gasteiger partial charge in [0.05, 0.1) is 0 Å². The van der Waals surface area contributed by atoms with E-state index in [1.165, 1.54) is 0 Å². The third kappa shape index (κ3) is 5.74. The highest BCUT2D eigenvalue weighted by atomic mass is 13.7. The molecular weight excluding hydrogens is 84.1 g/mol. The molecule has 0 spiro atoms. The van der Waals surface area contributed by atoms with Crippen LogP contribution in [0.1, 0.15) is 19.3 Å². The van der Waals surface area contributed by atoms with E-state index in [2.05, 4.69) is 6.92 Å². The number of unbranched alkanes of at least 4 members (excludes halogenated alkanes) is 1. The molecule has 0 aromatic heterocycles. The fourth-order valence-corrected chi connectivity index (χ4v) is 0.332. The summed E-state index contributed by atoms with van der Waals surface area (Å²) >= 11 is 0. The van der Waals surface area contributed by atoms with Crippen molar-refractivity contribution in [2.75, 3.05) is 0 Å². The van der Waals surface area contributed by atoms with Gasteiger partial charge in [0.25, 0.3) is 0 Å². The van der Waals surface area contributed by atoms with E-state index >= 15 is 0 Å². The molecule has 0 N–H and O–H groups in total. The highest BCUT2D eigenvalue weighted by Crippen LogP contribution is 1.88. The normalized spacial score (nSPS) is 10.6. The highest BCUT2D eigenvalue weighted by molar-refractivity contribution is 4.81. The van der Waals surface area contributed by atoms with Crippen molar-refractivity contribution in [3.63, 3.8) is 0 Å². The largest absolute Gasteiger partial charge is 0.0885 e. The van der Waals surface area contributed by atoms with Crippen LogP contribution in [-0.2, 0) is 0 Å². The minimum atomic E-state index is 0.747. The van der Waals surface area contributed by atoms with Crippen molar-refractivity contribution in [1.82, 2.24) is 0 Å². The smallest absolute Gasteiger partial charge is 0.0348 e. The average molecular weight is 95.2 g/mol. The molecule has 0 atom stereocenters. The van der Waals surface area contributed by atoms with Crippen LogP contribution in [0.5, 0.6) is 0 Å². The Morgan fingerprint density at radius 2 is 2.14 bits per heavy atom. The van der Waals surface area contributed by atoms with Crippen LogP contribution in [-0.4, -0.2) is 0 Å². The second-order valence-corrected chi connectivity index (χ2v) is 1.34. The Kier molecular flexibility index (Phi) is 5.53. The second kappa shape index (κ2) is 5.74. The maximum absolute atomic E-state index is 5.20. The molecule has 0 aromatic rings. The first-order chi connectivity index (χ1) is 3.41. The summed E-state index contributed by atoms with van der Waals surface area (Å²) in [5.41, 5.74) is 0. The van der Waals surface area contributed by atoms with Gasteiger partial charge in [-0.1, -0.05) is 12.2 Å².